The first-order valence-electron chi connectivity index (χ1n) is 4.94. The van der Waals surface area contributed by atoms with Gasteiger partial charge < -0.3 is 5.73 Å². The van der Waals surface area contributed by atoms with Crippen molar-refractivity contribution in [2.24, 2.45) is 0 Å². The Hall–Kier alpha value is -1.26. The fourth-order valence-electron chi connectivity index (χ4n) is 1.33. The number of hydrogen-bond acceptors (Lipinski definition) is 3. The minimum atomic E-state index is -0.368. The summed E-state index contributed by atoms with van der Waals surface area (Å²) in [5, 5.41) is 1.26. The second-order valence-electron chi connectivity index (χ2n) is 3.40. The molecular formula is C12H10ClFN2S. The van der Waals surface area contributed by atoms with Crippen LogP contribution in [0.15, 0.2) is 41.6 Å². The van der Waals surface area contributed by atoms with Gasteiger partial charge in [0, 0.05) is 17.5 Å². The number of aromatic nitrogens is 1. The van der Waals surface area contributed by atoms with Crippen LogP contribution in [0.1, 0.15) is 5.56 Å². The molecule has 0 amide bonds. The Balaban J connectivity index is 2.13. The molecule has 0 unspecified atom stereocenters. The average Bonchev–Trinajstić information content (AvgIpc) is 2.33. The first kappa shape index (κ1) is 12.2. The van der Waals surface area contributed by atoms with Gasteiger partial charge in [-0.1, -0.05) is 23.7 Å². The number of nitrogens with zero attached hydrogens (tertiary/aromatic N) is 1. The van der Waals surface area contributed by atoms with Crippen LogP contribution in [-0.4, -0.2) is 4.98 Å². The van der Waals surface area contributed by atoms with E-state index < -0.39 is 0 Å². The zero-order chi connectivity index (χ0) is 12.3. The van der Waals surface area contributed by atoms with Gasteiger partial charge in [0.25, 0.3) is 0 Å². The number of rotatable bonds is 3. The van der Waals surface area contributed by atoms with Crippen molar-refractivity contribution in [1.29, 1.82) is 0 Å². The minimum Gasteiger partial charge on any atom is -0.396 e. The molecule has 0 saturated heterocycles. The summed E-state index contributed by atoms with van der Waals surface area (Å²) < 4.78 is 13.6. The molecule has 2 nitrogen and oxygen atoms in total. The first-order valence-corrected chi connectivity index (χ1v) is 6.31. The van der Waals surface area contributed by atoms with Crippen LogP contribution in [0.25, 0.3) is 0 Å². The number of thioether (sulfide) groups is 1. The molecule has 0 saturated carbocycles. The van der Waals surface area contributed by atoms with Crippen molar-refractivity contribution in [3.05, 3.63) is 52.9 Å². The molecule has 0 spiro atoms. The topological polar surface area (TPSA) is 38.9 Å². The van der Waals surface area contributed by atoms with Gasteiger partial charge in [0.1, 0.15) is 10.8 Å². The number of pyridine rings is 1. The van der Waals surface area contributed by atoms with E-state index in [2.05, 4.69) is 4.98 Å². The van der Waals surface area contributed by atoms with E-state index in [0.717, 1.165) is 0 Å². The van der Waals surface area contributed by atoms with E-state index in [-0.39, 0.29) is 11.5 Å². The maximum atomic E-state index is 13.6. The number of anilines is 1. The van der Waals surface area contributed by atoms with Crippen LogP contribution in [0.4, 0.5) is 10.1 Å². The largest absolute Gasteiger partial charge is 0.396 e. The molecule has 2 aromatic rings. The fraction of sp³-hybridized carbons (Fsp3) is 0.0833. The van der Waals surface area contributed by atoms with Gasteiger partial charge in [-0.3, -0.25) is 0 Å². The third-order valence-electron chi connectivity index (χ3n) is 2.20. The number of halogens is 2. The average molecular weight is 269 g/mol. The third-order valence-corrected chi connectivity index (χ3v) is 3.67. The number of benzene rings is 1. The van der Waals surface area contributed by atoms with E-state index in [1.807, 2.05) is 0 Å². The van der Waals surface area contributed by atoms with E-state index in [1.165, 1.54) is 17.8 Å². The highest BCUT2D eigenvalue weighted by molar-refractivity contribution is 7.98. The summed E-state index contributed by atoms with van der Waals surface area (Å²) in [6, 6.07) is 8.49. The number of nitrogen functional groups attached to an aromatic ring is 1. The first-order chi connectivity index (χ1) is 8.18. The lowest BCUT2D eigenvalue weighted by Gasteiger charge is -2.05. The Kier molecular flexibility index (Phi) is 3.86. The molecule has 0 aliphatic rings. The molecular weight excluding hydrogens is 259 g/mol. The SMILES string of the molecule is Nc1cccc(CSc2ncccc2Cl)c1F. The molecule has 17 heavy (non-hydrogen) atoms. The molecule has 2 rings (SSSR count). The van der Waals surface area contributed by atoms with Gasteiger partial charge >= 0.3 is 0 Å². The third kappa shape index (κ3) is 2.90. The van der Waals surface area contributed by atoms with Crippen LogP contribution in [0.2, 0.25) is 5.02 Å². The van der Waals surface area contributed by atoms with E-state index in [0.29, 0.717) is 21.4 Å². The Morgan fingerprint density at radius 2 is 2.12 bits per heavy atom. The lowest BCUT2D eigenvalue weighted by molar-refractivity contribution is 0.622. The Bertz CT molecular complexity index is 534. The molecule has 1 aromatic carbocycles. The van der Waals surface area contributed by atoms with Gasteiger partial charge in [-0.2, -0.15) is 0 Å². The molecule has 1 heterocycles. The highest BCUT2D eigenvalue weighted by atomic mass is 35.5. The molecule has 2 N–H and O–H groups in total. The number of nitrogens with two attached hydrogens (primary N) is 1. The lowest BCUT2D eigenvalue weighted by atomic mass is 10.2. The molecule has 1 aromatic heterocycles. The van der Waals surface area contributed by atoms with Crippen molar-refractivity contribution < 1.29 is 4.39 Å². The lowest BCUT2D eigenvalue weighted by Crippen LogP contribution is -1.95. The minimum absolute atomic E-state index is 0.162. The molecule has 0 atom stereocenters. The van der Waals surface area contributed by atoms with Gasteiger partial charge in [0.15, 0.2) is 0 Å². The van der Waals surface area contributed by atoms with Crippen molar-refractivity contribution in [2.75, 3.05) is 5.73 Å². The zero-order valence-electron chi connectivity index (χ0n) is 8.86. The predicted octanol–water partition coefficient (Wildman–Crippen LogP) is 3.75. The van der Waals surface area contributed by atoms with Crippen LogP contribution in [0, 0.1) is 5.82 Å². The summed E-state index contributed by atoms with van der Waals surface area (Å²) in [5.41, 5.74) is 6.21. The van der Waals surface area contributed by atoms with Crippen molar-refractivity contribution >= 4 is 29.1 Å². The van der Waals surface area contributed by atoms with Crippen molar-refractivity contribution in [3.8, 4) is 0 Å². The highest BCUT2D eigenvalue weighted by Gasteiger charge is 2.07. The molecule has 0 aliphatic carbocycles. The molecule has 0 fully saturated rings. The molecule has 0 radical (unpaired) electrons. The summed E-state index contributed by atoms with van der Waals surface area (Å²) in [6.45, 7) is 0. The normalized spacial score (nSPS) is 10.5. The van der Waals surface area contributed by atoms with Crippen molar-refractivity contribution in [2.45, 2.75) is 10.8 Å². The molecule has 0 bridgehead atoms. The summed E-state index contributed by atoms with van der Waals surface area (Å²) in [4.78, 5) is 4.12. The summed E-state index contributed by atoms with van der Waals surface area (Å²) in [5.74, 6) is 0.0835. The van der Waals surface area contributed by atoms with Crippen molar-refractivity contribution in [1.82, 2.24) is 4.98 Å². The van der Waals surface area contributed by atoms with Crippen LogP contribution in [0.5, 0.6) is 0 Å². The van der Waals surface area contributed by atoms with Crippen LogP contribution >= 0.6 is 23.4 Å². The van der Waals surface area contributed by atoms with Crippen LogP contribution in [0.3, 0.4) is 0 Å². The predicted molar refractivity (Wildman–Crippen MR) is 69.6 cm³/mol. The summed E-state index contributed by atoms with van der Waals surface area (Å²) in [6.07, 6.45) is 1.66. The maximum Gasteiger partial charge on any atom is 0.150 e. The second kappa shape index (κ2) is 5.38. The van der Waals surface area contributed by atoms with Gasteiger partial charge in [-0.05, 0) is 18.2 Å². The maximum absolute atomic E-state index is 13.6. The van der Waals surface area contributed by atoms with E-state index in [4.69, 9.17) is 17.3 Å². The fourth-order valence-corrected chi connectivity index (χ4v) is 2.48. The summed E-state index contributed by atoms with van der Waals surface area (Å²) >= 11 is 7.34. The Labute approximate surface area is 108 Å². The standard InChI is InChI=1S/C12H10ClFN2S/c13-9-4-2-6-16-12(9)17-7-8-3-1-5-10(15)11(8)14/h1-6H,7,15H2. The number of hydrogen-bond donors (Lipinski definition) is 1. The van der Waals surface area contributed by atoms with Gasteiger partial charge in [0.05, 0.1) is 10.7 Å². The molecule has 88 valence electrons. The Morgan fingerprint density at radius 1 is 1.29 bits per heavy atom. The molecule has 0 aliphatic heterocycles. The second-order valence-corrected chi connectivity index (χ2v) is 4.77. The smallest absolute Gasteiger partial charge is 0.150 e. The zero-order valence-corrected chi connectivity index (χ0v) is 10.4. The van der Waals surface area contributed by atoms with E-state index in [1.54, 1.807) is 30.5 Å². The van der Waals surface area contributed by atoms with Gasteiger partial charge in [-0.15, -0.1) is 11.8 Å². The van der Waals surface area contributed by atoms with Gasteiger partial charge in [0.2, 0.25) is 0 Å². The van der Waals surface area contributed by atoms with Crippen LogP contribution in [-0.2, 0) is 5.75 Å². The summed E-state index contributed by atoms with van der Waals surface area (Å²) in [7, 11) is 0. The monoisotopic (exact) mass is 268 g/mol. The van der Waals surface area contributed by atoms with E-state index >= 15 is 0 Å². The van der Waals surface area contributed by atoms with Crippen LogP contribution < -0.4 is 5.73 Å². The Morgan fingerprint density at radius 3 is 2.88 bits per heavy atom. The van der Waals surface area contributed by atoms with Gasteiger partial charge in [-0.25, -0.2) is 9.37 Å². The van der Waals surface area contributed by atoms with Crippen molar-refractivity contribution in [3.63, 3.8) is 0 Å². The molecule has 5 heteroatoms. The van der Waals surface area contributed by atoms with E-state index in [9.17, 15) is 4.39 Å². The quantitative estimate of drug-likeness (QED) is 0.681. The highest BCUT2D eigenvalue weighted by Crippen LogP contribution is 2.28.